The van der Waals surface area contributed by atoms with Crippen molar-refractivity contribution in [2.75, 3.05) is 7.05 Å². The van der Waals surface area contributed by atoms with E-state index >= 15 is 0 Å². The molecule has 2 rings (SSSR count). The standard InChI is InChI=1S/C16H23N3/c1-5-13-11-14(6-2)19(18-13)16-10-8-7-9-15(16)12(3)17-4/h7-12,17H,5-6H2,1-4H3. The Bertz CT molecular complexity index is 543. The van der Waals surface area contributed by atoms with Crippen LogP contribution in [0.4, 0.5) is 0 Å². The predicted octanol–water partition coefficient (Wildman–Crippen LogP) is 3.28. The molecule has 0 fully saturated rings. The quantitative estimate of drug-likeness (QED) is 0.891. The molecule has 19 heavy (non-hydrogen) atoms. The third-order valence-corrected chi connectivity index (χ3v) is 3.62. The molecule has 0 amide bonds. The van der Waals surface area contributed by atoms with Gasteiger partial charge in [-0.3, -0.25) is 0 Å². The number of hydrogen-bond acceptors (Lipinski definition) is 2. The molecule has 0 aliphatic heterocycles. The monoisotopic (exact) mass is 257 g/mol. The molecule has 1 N–H and O–H groups in total. The minimum atomic E-state index is 0.315. The van der Waals surface area contributed by atoms with E-state index in [-0.39, 0.29) is 0 Å². The van der Waals surface area contributed by atoms with Crippen LogP contribution in [-0.4, -0.2) is 16.8 Å². The maximum Gasteiger partial charge on any atom is 0.0696 e. The summed E-state index contributed by atoms with van der Waals surface area (Å²) >= 11 is 0. The molecular weight excluding hydrogens is 234 g/mol. The summed E-state index contributed by atoms with van der Waals surface area (Å²) in [7, 11) is 1.99. The Morgan fingerprint density at radius 2 is 1.95 bits per heavy atom. The van der Waals surface area contributed by atoms with Crippen molar-refractivity contribution < 1.29 is 0 Å². The molecule has 2 aromatic rings. The first-order valence-electron chi connectivity index (χ1n) is 7.05. The summed E-state index contributed by atoms with van der Waals surface area (Å²) in [5.74, 6) is 0. The van der Waals surface area contributed by atoms with Crippen LogP contribution >= 0.6 is 0 Å². The van der Waals surface area contributed by atoms with Crippen LogP contribution < -0.4 is 5.32 Å². The van der Waals surface area contributed by atoms with E-state index in [1.54, 1.807) is 0 Å². The fourth-order valence-corrected chi connectivity index (χ4v) is 2.31. The topological polar surface area (TPSA) is 29.9 Å². The summed E-state index contributed by atoms with van der Waals surface area (Å²) in [4.78, 5) is 0. The number of hydrogen-bond donors (Lipinski definition) is 1. The summed E-state index contributed by atoms with van der Waals surface area (Å²) in [5.41, 5.74) is 4.89. The van der Waals surface area contributed by atoms with Gasteiger partial charge in [0, 0.05) is 11.7 Å². The van der Waals surface area contributed by atoms with Crippen molar-refractivity contribution in [1.29, 1.82) is 0 Å². The fourth-order valence-electron chi connectivity index (χ4n) is 2.31. The van der Waals surface area contributed by atoms with E-state index in [1.165, 1.54) is 16.9 Å². The Morgan fingerprint density at radius 3 is 2.58 bits per heavy atom. The average Bonchev–Trinajstić information content (AvgIpc) is 2.89. The number of benzene rings is 1. The van der Waals surface area contributed by atoms with Gasteiger partial charge in [-0.2, -0.15) is 5.10 Å². The number of nitrogens with one attached hydrogen (secondary N) is 1. The highest BCUT2D eigenvalue weighted by Crippen LogP contribution is 2.23. The third-order valence-electron chi connectivity index (χ3n) is 3.62. The van der Waals surface area contributed by atoms with Gasteiger partial charge in [-0.15, -0.1) is 0 Å². The number of para-hydroxylation sites is 1. The van der Waals surface area contributed by atoms with Gasteiger partial charge in [0.05, 0.1) is 11.4 Å². The molecule has 3 nitrogen and oxygen atoms in total. The van der Waals surface area contributed by atoms with Crippen molar-refractivity contribution in [3.63, 3.8) is 0 Å². The summed E-state index contributed by atoms with van der Waals surface area (Å²) in [6.07, 6.45) is 1.97. The molecule has 1 unspecified atom stereocenters. The van der Waals surface area contributed by atoms with Crippen molar-refractivity contribution in [2.45, 2.75) is 39.7 Å². The lowest BCUT2D eigenvalue weighted by Gasteiger charge is -2.17. The van der Waals surface area contributed by atoms with Gasteiger partial charge in [0.2, 0.25) is 0 Å². The van der Waals surface area contributed by atoms with Crippen molar-refractivity contribution in [1.82, 2.24) is 15.1 Å². The van der Waals surface area contributed by atoms with E-state index in [9.17, 15) is 0 Å². The Kier molecular flexibility index (Phi) is 4.38. The van der Waals surface area contributed by atoms with Gasteiger partial charge in [-0.05, 0) is 44.5 Å². The first-order chi connectivity index (χ1) is 9.21. The van der Waals surface area contributed by atoms with Gasteiger partial charge in [0.15, 0.2) is 0 Å². The minimum absolute atomic E-state index is 0.315. The Balaban J connectivity index is 2.55. The number of aryl methyl sites for hydroxylation is 2. The molecule has 102 valence electrons. The molecular formula is C16H23N3. The third kappa shape index (κ3) is 2.71. The number of nitrogens with zero attached hydrogens (tertiary/aromatic N) is 2. The maximum absolute atomic E-state index is 4.74. The van der Waals surface area contributed by atoms with Crippen LogP contribution in [-0.2, 0) is 12.8 Å². The van der Waals surface area contributed by atoms with Crippen LogP contribution in [0.15, 0.2) is 30.3 Å². The zero-order valence-electron chi connectivity index (χ0n) is 12.3. The predicted molar refractivity (Wildman–Crippen MR) is 79.8 cm³/mol. The van der Waals surface area contributed by atoms with Crippen LogP contribution in [0.2, 0.25) is 0 Å². The smallest absolute Gasteiger partial charge is 0.0696 e. The van der Waals surface area contributed by atoms with Gasteiger partial charge >= 0.3 is 0 Å². The van der Waals surface area contributed by atoms with Gasteiger partial charge in [0.25, 0.3) is 0 Å². The van der Waals surface area contributed by atoms with Gasteiger partial charge < -0.3 is 5.32 Å². The molecule has 0 aliphatic rings. The highest BCUT2D eigenvalue weighted by atomic mass is 15.3. The fraction of sp³-hybridized carbons (Fsp3) is 0.438. The highest BCUT2D eigenvalue weighted by molar-refractivity contribution is 5.43. The van der Waals surface area contributed by atoms with E-state index in [1.807, 2.05) is 7.05 Å². The van der Waals surface area contributed by atoms with E-state index < -0.39 is 0 Å². The Labute approximate surface area is 115 Å². The van der Waals surface area contributed by atoms with Crippen molar-refractivity contribution in [2.24, 2.45) is 0 Å². The lowest BCUT2D eigenvalue weighted by Crippen LogP contribution is -2.16. The molecule has 0 aliphatic carbocycles. The first-order valence-corrected chi connectivity index (χ1v) is 7.05. The van der Waals surface area contributed by atoms with Crippen molar-refractivity contribution in [3.05, 3.63) is 47.3 Å². The van der Waals surface area contributed by atoms with Gasteiger partial charge in [-0.25, -0.2) is 4.68 Å². The van der Waals surface area contributed by atoms with Gasteiger partial charge in [0.1, 0.15) is 0 Å². The van der Waals surface area contributed by atoms with Crippen LogP contribution in [0.3, 0.4) is 0 Å². The molecule has 0 saturated carbocycles. The maximum atomic E-state index is 4.74. The van der Waals surface area contributed by atoms with Gasteiger partial charge in [-0.1, -0.05) is 32.0 Å². The number of aromatic nitrogens is 2. The summed E-state index contributed by atoms with van der Waals surface area (Å²) in [6.45, 7) is 6.50. The normalized spacial score (nSPS) is 12.6. The second-order valence-corrected chi connectivity index (χ2v) is 4.82. The van der Waals surface area contributed by atoms with Crippen molar-refractivity contribution >= 4 is 0 Å². The molecule has 1 atom stereocenters. The van der Waals surface area contributed by atoms with E-state index in [0.717, 1.165) is 18.5 Å². The number of rotatable bonds is 5. The second kappa shape index (κ2) is 6.02. The lowest BCUT2D eigenvalue weighted by atomic mass is 10.1. The SMILES string of the molecule is CCc1cc(CC)n(-c2ccccc2C(C)NC)n1. The van der Waals surface area contributed by atoms with Crippen LogP contribution in [0.25, 0.3) is 5.69 Å². The van der Waals surface area contributed by atoms with E-state index in [0.29, 0.717) is 6.04 Å². The lowest BCUT2D eigenvalue weighted by molar-refractivity contribution is 0.641. The zero-order valence-corrected chi connectivity index (χ0v) is 12.3. The first kappa shape index (κ1) is 13.8. The zero-order chi connectivity index (χ0) is 13.8. The molecule has 3 heteroatoms. The average molecular weight is 257 g/mol. The largest absolute Gasteiger partial charge is 0.313 e. The molecule has 0 radical (unpaired) electrons. The molecule has 0 spiro atoms. The molecule has 0 saturated heterocycles. The van der Waals surface area contributed by atoms with E-state index in [4.69, 9.17) is 5.10 Å². The van der Waals surface area contributed by atoms with Crippen molar-refractivity contribution in [3.8, 4) is 5.69 Å². The highest BCUT2D eigenvalue weighted by Gasteiger charge is 2.13. The van der Waals surface area contributed by atoms with E-state index in [2.05, 4.69) is 61.1 Å². The minimum Gasteiger partial charge on any atom is -0.313 e. The van der Waals surface area contributed by atoms with Crippen LogP contribution in [0.1, 0.15) is 43.8 Å². The molecule has 0 bridgehead atoms. The second-order valence-electron chi connectivity index (χ2n) is 4.82. The molecule has 1 aromatic carbocycles. The molecule has 1 heterocycles. The molecule has 1 aromatic heterocycles. The van der Waals surface area contributed by atoms with Crippen LogP contribution in [0.5, 0.6) is 0 Å². The Morgan fingerprint density at radius 1 is 1.21 bits per heavy atom. The summed E-state index contributed by atoms with van der Waals surface area (Å²) < 4.78 is 2.10. The Hall–Kier alpha value is -1.61. The van der Waals surface area contributed by atoms with Crippen LogP contribution in [0, 0.1) is 0 Å². The summed E-state index contributed by atoms with van der Waals surface area (Å²) in [5, 5.41) is 8.04. The summed E-state index contributed by atoms with van der Waals surface area (Å²) in [6, 6.07) is 11.0.